The van der Waals surface area contributed by atoms with Crippen molar-refractivity contribution >= 4 is 10.1 Å². The summed E-state index contributed by atoms with van der Waals surface area (Å²) in [5, 5.41) is 0. The predicted molar refractivity (Wildman–Crippen MR) is 49.6 cm³/mol. The van der Waals surface area contributed by atoms with Gasteiger partial charge in [-0.15, -0.1) is 0 Å². The summed E-state index contributed by atoms with van der Waals surface area (Å²) in [7, 11) is -5.39. The van der Waals surface area contributed by atoms with E-state index in [4.69, 9.17) is 0 Å². The minimum Gasteiger partial charge on any atom is -0.748 e. The van der Waals surface area contributed by atoms with Crippen molar-refractivity contribution in [3.63, 3.8) is 0 Å². The van der Waals surface area contributed by atoms with E-state index in [0.717, 1.165) is 0 Å². The number of alkyl halides is 11. The molecule has 0 saturated carbocycles. The number of hydrogen-bond acceptors (Lipinski definition) is 3. The smallest absolute Gasteiger partial charge is 0.460 e. The van der Waals surface area contributed by atoms with Crippen LogP contribution in [-0.4, -0.2) is 48.6 Å². The summed E-state index contributed by atoms with van der Waals surface area (Å²) in [6, 6.07) is 0. The molecule has 0 N–H and O–H groups in total. The molecule has 0 rings (SSSR count). The van der Waals surface area contributed by atoms with Gasteiger partial charge >= 0.3 is 23.9 Å². The topological polar surface area (TPSA) is 57.2 Å². The van der Waals surface area contributed by atoms with E-state index in [1.54, 1.807) is 0 Å². The zero-order valence-electron chi connectivity index (χ0n) is 10.4. The second-order valence-electron chi connectivity index (χ2n) is 4.40. The lowest BCUT2D eigenvalue weighted by atomic mass is 9.97. The molecule has 0 unspecified atom stereocenters. The maximum absolute atomic E-state index is 12.9. The van der Waals surface area contributed by atoms with E-state index in [0.29, 0.717) is 0 Å². The maximum Gasteiger partial charge on any atom is 0.460 e. The summed E-state index contributed by atoms with van der Waals surface area (Å²) in [4.78, 5) is 0. The molecule has 3 nitrogen and oxygen atoms in total. The highest BCUT2D eigenvalue weighted by Crippen LogP contribution is 2.55. The molecule has 0 spiro atoms. The van der Waals surface area contributed by atoms with Gasteiger partial charge in [-0.3, -0.25) is 0 Å². The van der Waals surface area contributed by atoms with Crippen LogP contribution < -0.4 is 0 Å². The SMILES string of the molecule is O=S(=O)([O-])CCC(F)(F)CC(F)(F)C(F)(F)C(F)(F)C(F)(F)F. The second kappa shape index (κ2) is 5.89. The molecule has 23 heavy (non-hydrogen) atoms. The Morgan fingerprint density at radius 3 is 1.43 bits per heavy atom. The van der Waals surface area contributed by atoms with Crippen LogP contribution in [0.15, 0.2) is 0 Å². The van der Waals surface area contributed by atoms with Crippen molar-refractivity contribution in [2.75, 3.05) is 5.75 Å². The molecule has 15 heteroatoms. The lowest BCUT2D eigenvalue weighted by molar-refractivity contribution is -0.400. The van der Waals surface area contributed by atoms with Gasteiger partial charge < -0.3 is 4.55 Å². The Bertz CT molecular complexity index is 522. The Labute approximate surface area is 121 Å². The quantitative estimate of drug-likeness (QED) is 0.494. The molecule has 0 radical (unpaired) electrons. The highest BCUT2D eigenvalue weighted by molar-refractivity contribution is 7.85. The van der Waals surface area contributed by atoms with Crippen molar-refractivity contribution in [1.82, 2.24) is 0 Å². The third-order valence-electron chi connectivity index (χ3n) is 2.41. The number of rotatable bonds is 7. The van der Waals surface area contributed by atoms with Crippen molar-refractivity contribution < 1.29 is 61.3 Å². The zero-order valence-corrected chi connectivity index (χ0v) is 11.2. The average molecular weight is 391 g/mol. The monoisotopic (exact) mass is 391 g/mol. The molecule has 0 aliphatic carbocycles. The van der Waals surface area contributed by atoms with E-state index in [-0.39, 0.29) is 0 Å². The number of hydrogen-bond donors (Lipinski definition) is 0. The van der Waals surface area contributed by atoms with E-state index < -0.39 is 58.6 Å². The summed E-state index contributed by atoms with van der Waals surface area (Å²) in [6.45, 7) is 0. The third kappa shape index (κ3) is 5.06. The van der Waals surface area contributed by atoms with E-state index >= 15 is 0 Å². The molecule has 140 valence electrons. The third-order valence-corrected chi connectivity index (χ3v) is 3.11. The molecule has 0 aromatic heterocycles. The first-order valence-electron chi connectivity index (χ1n) is 5.18. The van der Waals surface area contributed by atoms with Gasteiger partial charge in [0.1, 0.15) is 0 Å². The molecular formula is C8H6F11O3S-. The molecule has 0 bridgehead atoms. The van der Waals surface area contributed by atoms with Crippen molar-refractivity contribution in [3.8, 4) is 0 Å². The van der Waals surface area contributed by atoms with Gasteiger partial charge in [0.2, 0.25) is 0 Å². The summed E-state index contributed by atoms with van der Waals surface area (Å²) >= 11 is 0. The summed E-state index contributed by atoms with van der Waals surface area (Å²) in [5.74, 6) is -28.3. The molecule has 0 aromatic rings. The Morgan fingerprint density at radius 2 is 1.13 bits per heavy atom. The van der Waals surface area contributed by atoms with Crippen LogP contribution in [0, 0.1) is 0 Å². The zero-order chi connectivity index (χ0) is 19.1. The van der Waals surface area contributed by atoms with Gasteiger partial charge in [-0.25, -0.2) is 17.2 Å². The van der Waals surface area contributed by atoms with Crippen LogP contribution in [0.3, 0.4) is 0 Å². The van der Waals surface area contributed by atoms with E-state index in [1.165, 1.54) is 0 Å². The van der Waals surface area contributed by atoms with Gasteiger partial charge in [-0.05, 0) is 0 Å². The van der Waals surface area contributed by atoms with Crippen molar-refractivity contribution in [2.24, 2.45) is 0 Å². The molecule has 0 amide bonds. The van der Waals surface area contributed by atoms with Crippen LogP contribution in [0.2, 0.25) is 0 Å². The number of halogens is 11. The largest absolute Gasteiger partial charge is 0.748 e. The maximum atomic E-state index is 12.9. The Balaban J connectivity index is 5.47. The minimum absolute atomic E-state index is 2.02. The van der Waals surface area contributed by atoms with Crippen LogP contribution in [0.25, 0.3) is 0 Å². The first-order valence-corrected chi connectivity index (χ1v) is 6.76. The van der Waals surface area contributed by atoms with Crippen molar-refractivity contribution in [1.29, 1.82) is 0 Å². The fourth-order valence-corrected chi connectivity index (χ4v) is 1.75. The van der Waals surface area contributed by atoms with Crippen molar-refractivity contribution in [2.45, 2.75) is 42.7 Å². The summed E-state index contributed by atoms with van der Waals surface area (Å²) in [6.07, 6.45) is -12.9. The highest BCUT2D eigenvalue weighted by atomic mass is 32.2. The van der Waals surface area contributed by atoms with Crippen molar-refractivity contribution in [3.05, 3.63) is 0 Å². The summed E-state index contributed by atoms with van der Waals surface area (Å²) < 4.78 is 167. The standard InChI is InChI=1S/C8H7F11O3S/c9-4(10,1-2-23(20,21)22)3-5(11,12)6(13,14)7(15,16)8(17,18)19/h1-3H2,(H,20,21,22)/p-1. The fourth-order valence-electron chi connectivity index (χ4n) is 1.21. The highest BCUT2D eigenvalue weighted by Gasteiger charge is 2.82. The van der Waals surface area contributed by atoms with Gasteiger partial charge in [0.25, 0.3) is 5.92 Å². The molecule has 0 fully saturated rings. The average Bonchev–Trinajstić information content (AvgIpc) is 2.22. The first-order chi connectivity index (χ1) is 9.66. The van der Waals surface area contributed by atoms with E-state index in [1.807, 2.05) is 0 Å². The van der Waals surface area contributed by atoms with Crippen LogP contribution >= 0.6 is 0 Å². The normalized spacial score (nSPS) is 15.8. The fraction of sp³-hybridized carbons (Fsp3) is 1.00. The molecule has 0 aliphatic rings. The Kier molecular flexibility index (Phi) is 5.67. The molecular weight excluding hydrogens is 385 g/mol. The Hall–Kier alpha value is -0.860. The van der Waals surface area contributed by atoms with E-state index in [2.05, 4.69) is 0 Å². The van der Waals surface area contributed by atoms with Gasteiger partial charge in [-0.1, -0.05) is 0 Å². The minimum atomic E-state index is -7.33. The van der Waals surface area contributed by atoms with Gasteiger partial charge in [-0.2, -0.15) is 39.5 Å². The Morgan fingerprint density at radius 1 is 0.739 bits per heavy atom. The van der Waals surface area contributed by atoms with E-state index in [9.17, 15) is 61.3 Å². The van der Waals surface area contributed by atoms with Crippen LogP contribution in [0.5, 0.6) is 0 Å². The lowest BCUT2D eigenvalue weighted by Crippen LogP contribution is -2.61. The second-order valence-corrected chi connectivity index (χ2v) is 5.92. The molecule has 0 aromatic carbocycles. The molecule has 0 aliphatic heterocycles. The molecule has 0 atom stereocenters. The molecule has 0 saturated heterocycles. The lowest BCUT2D eigenvalue weighted by Gasteiger charge is -2.35. The van der Waals surface area contributed by atoms with Crippen LogP contribution in [0.1, 0.15) is 12.8 Å². The van der Waals surface area contributed by atoms with Crippen LogP contribution in [-0.2, 0) is 10.1 Å². The van der Waals surface area contributed by atoms with Gasteiger partial charge in [0.05, 0.1) is 16.5 Å². The van der Waals surface area contributed by atoms with Gasteiger partial charge in [0.15, 0.2) is 0 Å². The summed E-state index contributed by atoms with van der Waals surface area (Å²) in [5.41, 5.74) is 0. The van der Waals surface area contributed by atoms with Gasteiger partial charge in [0, 0.05) is 12.2 Å². The molecule has 0 heterocycles. The van der Waals surface area contributed by atoms with Crippen LogP contribution in [0.4, 0.5) is 48.3 Å². The predicted octanol–water partition coefficient (Wildman–Crippen LogP) is 3.42. The first kappa shape index (κ1) is 22.1.